The molecule has 2 aliphatic rings. The molecule has 0 saturated heterocycles. The summed E-state index contributed by atoms with van der Waals surface area (Å²) >= 11 is 12.9. The predicted molar refractivity (Wildman–Crippen MR) is 119 cm³/mol. The first-order valence-corrected chi connectivity index (χ1v) is 12.3. The average molecular weight is 482 g/mol. The van der Waals surface area contributed by atoms with E-state index in [1.54, 1.807) is 0 Å². The second kappa shape index (κ2) is 13.2. The first-order valence-electron chi connectivity index (χ1n) is 11.4. The largest absolute Gasteiger partial charge is 0.467 e. The Kier molecular flexibility index (Phi) is 11.3. The topological polar surface area (TPSA) is 105 Å². The second-order valence-corrected chi connectivity index (χ2v) is 9.89. The van der Waals surface area contributed by atoms with E-state index in [4.69, 9.17) is 32.7 Å². The summed E-state index contributed by atoms with van der Waals surface area (Å²) in [5.41, 5.74) is 0. The molecule has 0 aromatic carbocycles. The SMILES string of the molecule is CCCCCOC1C(Cl)CC(C(=O)N[C@@H](CC2CCC(O)CC2)C(=O)OC)C(O)C1Cl. The second-order valence-electron chi connectivity index (χ2n) is 8.83. The third-order valence-corrected chi connectivity index (χ3v) is 7.40. The summed E-state index contributed by atoms with van der Waals surface area (Å²) in [5, 5.41) is 21.8. The molecule has 0 heterocycles. The normalized spacial score (nSPS) is 34.7. The van der Waals surface area contributed by atoms with Gasteiger partial charge in [0.2, 0.25) is 5.91 Å². The number of hydrogen-bond donors (Lipinski definition) is 3. The number of methoxy groups -OCH3 is 1. The first-order chi connectivity index (χ1) is 14.8. The number of carbonyl (C=O) groups is 2. The number of aliphatic hydroxyl groups is 2. The van der Waals surface area contributed by atoms with Gasteiger partial charge in [-0.15, -0.1) is 23.2 Å². The van der Waals surface area contributed by atoms with Crippen LogP contribution in [0.2, 0.25) is 0 Å². The number of nitrogens with one attached hydrogen (secondary N) is 1. The van der Waals surface area contributed by atoms with Crippen molar-refractivity contribution in [3.05, 3.63) is 0 Å². The molecule has 5 unspecified atom stereocenters. The molecule has 6 atom stereocenters. The number of rotatable bonds is 10. The number of hydrogen-bond acceptors (Lipinski definition) is 6. The van der Waals surface area contributed by atoms with Crippen LogP contribution in [0.4, 0.5) is 0 Å². The van der Waals surface area contributed by atoms with Gasteiger partial charge in [-0.1, -0.05) is 19.8 Å². The summed E-state index contributed by atoms with van der Waals surface area (Å²) in [6, 6.07) is -0.810. The molecule has 180 valence electrons. The molecule has 1 amide bonds. The minimum absolute atomic E-state index is 0.208. The number of amides is 1. The monoisotopic (exact) mass is 481 g/mol. The van der Waals surface area contributed by atoms with Crippen LogP contribution in [0.1, 0.15) is 64.7 Å². The summed E-state index contributed by atoms with van der Waals surface area (Å²) < 4.78 is 10.7. The van der Waals surface area contributed by atoms with Crippen molar-refractivity contribution >= 4 is 35.1 Å². The van der Waals surface area contributed by atoms with E-state index < -0.39 is 46.8 Å². The Labute approximate surface area is 195 Å². The highest BCUT2D eigenvalue weighted by Crippen LogP contribution is 2.35. The number of carbonyl (C=O) groups excluding carboxylic acids is 2. The maximum atomic E-state index is 13.0. The number of aliphatic hydroxyl groups excluding tert-OH is 2. The zero-order valence-corrected chi connectivity index (χ0v) is 20.0. The van der Waals surface area contributed by atoms with E-state index >= 15 is 0 Å². The Morgan fingerprint density at radius 3 is 2.42 bits per heavy atom. The van der Waals surface area contributed by atoms with Gasteiger partial charge in [0.25, 0.3) is 0 Å². The minimum Gasteiger partial charge on any atom is -0.467 e. The molecule has 2 saturated carbocycles. The standard InChI is InChI=1S/C22H37Cl2NO6/c1-3-4-5-10-31-20-16(23)12-15(19(27)18(20)24)21(28)25-17(22(29)30-2)11-13-6-8-14(26)9-7-13/h13-20,26-27H,3-12H2,1-2H3,(H,25,28)/t13?,14?,15?,16?,17-,18?,19?,20?/m0/s1. The average Bonchev–Trinajstić information content (AvgIpc) is 2.76. The molecule has 9 heteroatoms. The van der Waals surface area contributed by atoms with Crippen LogP contribution in [-0.4, -0.2) is 70.9 Å². The van der Waals surface area contributed by atoms with Crippen LogP contribution < -0.4 is 5.32 Å². The van der Waals surface area contributed by atoms with Crippen LogP contribution in [0.5, 0.6) is 0 Å². The van der Waals surface area contributed by atoms with Gasteiger partial charge in [-0.05, 0) is 50.9 Å². The zero-order chi connectivity index (χ0) is 23.0. The number of halogens is 2. The number of unbranched alkanes of at least 4 members (excludes halogenated alkanes) is 2. The van der Waals surface area contributed by atoms with Gasteiger partial charge >= 0.3 is 5.97 Å². The number of esters is 1. The summed E-state index contributed by atoms with van der Waals surface area (Å²) in [4.78, 5) is 25.2. The van der Waals surface area contributed by atoms with E-state index in [2.05, 4.69) is 12.2 Å². The zero-order valence-electron chi connectivity index (χ0n) is 18.5. The molecular formula is C22H37Cl2NO6. The van der Waals surface area contributed by atoms with Gasteiger partial charge in [0.15, 0.2) is 0 Å². The molecule has 0 aromatic rings. The van der Waals surface area contributed by atoms with Crippen molar-refractivity contribution in [3.63, 3.8) is 0 Å². The highest BCUT2D eigenvalue weighted by Gasteiger charge is 2.46. The highest BCUT2D eigenvalue weighted by atomic mass is 35.5. The molecule has 3 N–H and O–H groups in total. The Hall–Kier alpha value is -0.600. The van der Waals surface area contributed by atoms with Crippen molar-refractivity contribution in [3.8, 4) is 0 Å². The lowest BCUT2D eigenvalue weighted by Crippen LogP contribution is -2.56. The van der Waals surface area contributed by atoms with Crippen molar-refractivity contribution in [1.82, 2.24) is 5.32 Å². The van der Waals surface area contributed by atoms with Crippen molar-refractivity contribution in [2.24, 2.45) is 11.8 Å². The lowest BCUT2D eigenvalue weighted by molar-refractivity contribution is -0.147. The summed E-state index contributed by atoms with van der Waals surface area (Å²) in [7, 11) is 1.28. The van der Waals surface area contributed by atoms with Gasteiger partial charge in [0.05, 0.1) is 42.1 Å². The van der Waals surface area contributed by atoms with Crippen molar-refractivity contribution in [1.29, 1.82) is 0 Å². The summed E-state index contributed by atoms with van der Waals surface area (Å²) in [5.74, 6) is -1.60. The van der Waals surface area contributed by atoms with E-state index in [0.717, 1.165) is 32.1 Å². The summed E-state index contributed by atoms with van der Waals surface area (Å²) in [6.07, 6.45) is 4.64. The molecule has 0 spiro atoms. The number of alkyl halides is 2. The maximum absolute atomic E-state index is 13.0. The van der Waals surface area contributed by atoms with Gasteiger partial charge < -0.3 is 25.0 Å². The van der Waals surface area contributed by atoms with E-state index in [-0.39, 0.29) is 18.4 Å². The smallest absolute Gasteiger partial charge is 0.328 e. The Bertz CT molecular complexity index is 572. The van der Waals surface area contributed by atoms with Crippen LogP contribution in [-0.2, 0) is 19.1 Å². The van der Waals surface area contributed by atoms with Gasteiger partial charge in [-0.2, -0.15) is 0 Å². The fourth-order valence-electron chi connectivity index (χ4n) is 4.51. The minimum atomic E-state index is -1.13. The van der Waals surface area contributed by atoms with E-state index in [1.165, 1.54) is 7.11 Å². The first kappa shape index (κ1) is 26.7. The van der Waals surface area contributed by atoms with Gasteiger partial charge in [0.1, 0.15) is 6.04 Å². The van der Waals surface area contributed by atoms with Crippen molar-refractivity contribution in [2.75, 3.05) is 13.7 Å². The number of ether oxygens (including phenoxy) is 2. The van der Waals surface area contributed by atoms with Crippen LogP contribution in [0.3, 0.4) is 0 Å². The Morgan fingerprint density at radius 1 is 1.13 bits per heavy atom. The fraction of sp³-hybridized carbons (Fsp3) is 0.909. The molecule has 31 heavy (non-hydrogen) atoms. The quantitative estimate of drug-likeness (QED) is 0.251. The van der Waals surface area contributed by atoms with Crippen LogP contribution in [0, 0.1) is 11.8 Å². The van der Waals surface area contributed by atoms with Gasteiger partial charge in [0, 0.05) is 6.61 Å². The van der Waals surface area contributed by atoms with E-state index in [9.17, 15) is 19.8 Å². The molecule has 2 rings (SSSR count). The van der Waals surface area contributed by atoms with Gasteiger partial charge in [-0.3, -0.25) is 4.79 Å². The van der Waals surface area contributed by atoms with Crippen LogP contribution in [0.25, 0.3) is 0 Å². The lowest BCUT2D eigenvalue weighted by Gasteiger charge is -2.39. The lowest BCUT2D eigenvalue weighted by atomic mass is 9.82. The Balaban J connectivity index is 1.95. The summed E-state index contributed by atoms with van der Waals surface area (Å²) in [6.45, 7) is 2.61. The molecule has 2 fully saturated rings. The third kappa shape index (κ3) is 7.74. The third-order valence-electron chi connectivity index (χ3n) is 6.47. The molecule has 0 bridgehead atoms. The molecule has 7 nitrogen and oxygen atoms in total. The van der Waals surface area contributed by atoms with E-state index in [0.29, 0.717) is 25.9 Å². The molecule has 0 radical (unpaired) electrons. The van der Waals surface area contributed by atoms with Crippen molar-refractivity contribution < 1.29 is 29.3 Å². The molecule has 0 aromatic heterocycles. The van der Waals surface area contributed by atoms with Crippen LogP contribution >= 0.6 is 23.2 Å². The highest BCUT2D eigenvalue weighted by molar-refractivity contribution is 6.25. The van der Waals surface area contributed by atoms with Crippen LogP contribution in [0.15, 0.2) is 0 Å². The van der Waals surface area contributed by atoms with Gasteiger partial charge in [-0.25, -0.2) is 4.79 Å². The van der Waals surface area contributed by atoms with Crippen molar-refractivity contribution in [2.45, 2.75) is 99.8 Å². The van der Waals surface area contributed by atoms with E-state index in [1.807, 2.05) is 0 Å². The predicted octanol–water partition coefficient (Wildman–Crippen LogP) is 2.76. The fourth-order valence-corrected chi connectivity index (χ4v) is 5.43. The molecule has 2 aliphatic carbocycles. The molecule has 0 aliphatic heterocycles. The maximum Gasteiger partial charge on any atom is 0.328 e. The Morgan fingerprint density at radius 2 is 1.81 bits per heavy atom. The molecular weight excluding hydrogens is 445 g/mol.